The van der Waals surface area contributed by atoms with Crippen LogP contribution in [0.15, 0.2) is 18.5 Å². The molecule has 3 rings (SSSR count). The summed E-state index contributed by atoms with van der Waals surface area (Å²) in [5.74, 6) is 0. The fourth-order valence-corrected chi connectivity index (χ4v) is 3.61. The van der Waals surface area contributed by atoms with Crippen LogP contribution in [0.2, 0.25) is 0 Å². The van der Waals surface area contributed by atoms with E-state index >= 15 is 0 Å². The lowest BCUT2D eigenvalue weighted by Crippen LogP contribution is -2.64. The van der Waals surface area contributed by atoms with Crippen LogP contribution in [0.3, 0.4) is 0 Å². The summed E-state index contributed by atoms with van der Waals surface area (Å²) in [6, 6.07) is 2.03. The minimum absolute atomic E-state index is 0.489. The first kappa shape index (κ1) is 14.8. The summed E-state index contributed by atoms with van der Waals surface area (Å²) in [5.41, 5.74) is 0.703. The normalized spacial score (nSPS) is 32.4. The van der Waals surface area contributed by atoms with Crippen molar-refractivity contribution in [3.8, 4) is 0 Å². The number of hydrogen-bond acceptors (Lipinski definition) is 5. The van der Waals surface area contributed by atoms with Crippen molar-refractivity contribution in [2.75, 3.05) is 24.6 Å². The second-order valence-corrected chi connectivity index (χ2v) is 6.57. The van der Waals surface area contributed by atoms with Crippen LogP contribution in [-0.4, -0.2) is 52.2 Å². The van der Waals surface area contributed by atoms with Crippen molar-refractivity contribution in [3.63, 3.8) is 0 Å². The topological polar surface area (TPSA) is 65.8 Å². The molecule has 0 amide bonds. The van der Waals surface area contributed by atoms with Crippen molar-refractivity contribution in [1.82, 2.24) is 4.98 Å². The number of hydrogen-bond donors (Lipinski definition) is 2. The summed E-state index contributed by atoms with van der Waals surface area (Å²) in [6.45, 7) is 5.92. The molecule has 1 aromatic rings. The van der Waals surface area contributed by atoms with E-state index in [1.54, 1.807) is 6.92 Å². The number of aliphatic hydroxyl groups is 2. The molecule has 0 unspecified atom stereocenters. The quantitative estimate of drug-likeness (QED) is 0.816. The highest BCUT2D eigenvalue weighted by molar-refractivity contribution is 5.52. The predicted octanol–water partition coefficient (Wildman–Crippen LogP) is 1.26. The van der Waals surface area contributed by atoms with Gasteiger partial charge in [0.1, 0.15) is 11.7 Å². The number of rotatable bonds is 1. The molecular weight excluding hydrogens is 268 g/mol. The number of anilines is 1. The highest BCUT2D eigenvalue weighted by Crippen LogP contribution is 2.40. The van der Waals surface area contributed by atoms with Crippen molar-refractivity contribution >= 4 is 5.69 Å². The maximum absolute atomic E-state index is 10.5. The van der Waals surface area contributed by atoms with Crippen molar-refractivity contribution < 1.29 is 14.9 Å². The van der Waals surface area contributed by atoms with E-state index in [1.165, 1.54) is 5.69 Å². The van der Waals surface area contributed by atoms with Gasteiger partial charge in [0.05, 0.1) is 12.2 Å². The monoisotopic (exact) mass is 292 g/mol. The molecule has 21 heavy (non-hydrogen) atoms. The SMILES string of the molecule is Cc1cnccc1N1CCC2(CC1)OCC[C@@](C)(O)[C@@H]2O. The number of aromatic nitrogens is 1. The Morgan fingerprint density at radius 1 is 1.33 bits per heavy atom. The molecule has 116 valence electrons. The lowest BCUT2D eigenvalue weighted by molar-refractivity contribution is -0.239. The van der Waals surface area contributed by atoms with Crippen molar-refractivity contribution in [2.24, 2.45) is 0 Å². The van der Waals surface area contributed by atoms with Gasteiger partial charge in [-0.3, -0.25) is 4.98 Å². The number of piperidine rings is 1. The molecule has 0 radical (unpaired) electrons. The molecule has 5 nitrogen and oxygen atoms in total. The van der Waals surface area contributed by atoms with E-state index in [-0.39, 0.29) is 0 Å². The lowest BCUT2D eigenvalue weighted by Gasteiger charge is -2.52. The van der Waals surface area contributed by atoms with Crippen LogP contribution in [-0.2, 0) is 4.74 Å². The van der Waals surface area contributed by atoms with Crippen molar-refractivity contribution in [3.05, 3.63) is 24.0 Å². The van der Waals surface area contributed by atoms with E-state index in [4.69, 9.17) is 4.74 Å². The number of nitrogens with zero attached hydrogens (tertiary/aromatic N) is 2. The minimum Gasteiger partial charge on any atom is -0.387 e. The summed E-state index contributed by atoms with van der Waals surface area (Å²) < 4.78 is 5.92. The molecule has 2 saturated heterocycles. The first-order chi connectivity index (χ1) is 9.95. The molecule has 2 fully saturated rings. The van der Waals surface area contributed by atoms with Gasteiger partial charge >= 0.3 is 0 Å². The molecule has 0 bridgehead atoms. The van der Waals surface area contributed by atoms with Crippen LogP contribution >= 0.6 is 0 Å². The molecule has 2 aliphatic heterocycles. The third-order valence-corrected chi connectivity index (χ3v) is 5.03. The third-order valence-electron chi connectivity index (χ3n) is 5.03. The molecule has 1 aromatic heterocycles. The first-order valence-electron chi connectivity index (χ1n) is 7.65. The Balaban J connectivity index is 1.74. The van der Waals surface area contributed by atoms with Gasteiger partial charge in [-0.2, -0.15) is 0 Å². The van der Waals surface area contributed by atoms with Crippen molar-refractivity contribution in [2.45, 2.75) is 50.4 Å². The summed E-state index contributed by atoms with van der Waals surface area (Å²) in [5, 5.41) is 20.9. The van der Waals surface area contributed by atoms with Gasteiger partial charge in [0, 0.05) is 37.6 Å². The number of pyridine rings is 1. The van der Waals surface area contributed by atoms with E-state index < -0.39 is 17.3 Å². The average molecular weight is 292 g/mol. The Hall–Kier alpha value is -1.17. The first-order valence-corrected chi connectivity index (χ1v) is 7.65. The minimum atomic E-state index is -1.05. The molecular formula is C16H24N2O3. The van der Waals surface area contributed by atoms with E-state index in [0.717, 1.165) is 31.5 Å². The standard InChI is InChI=1S/C16H24N2O3/c1-12-11-17-7-3-13(12)18-8-4-16(5-9-18)14(19)15(2,20)6-10-21-16/h3,7,11,14,19-20H,4-6,8-10H2,1-2H3/t14-,15+/m0/s1. The summed E-state index contributed by atoms with van der Waals surface area (Å²) in [7, 11) is 0. The molecule has 0 saturated carbocycles. The zero-order valence-electron chi connectivity index (χ0n) is 12.7. The van der Waals surface area contributed by atoms with Crippen LogP contribution in [0.5, 0.6) is 0 Å². The van der Waals surface area contributed by atoms with Crippen molar-refractivity contribution in [1.29, 1.82) is 0 Å². The van der Waals surface area contributed by atoms with Gasteiger partial charge in [-0.15, -0.1) is 0 Å². The predicted molar refractivity (Wildman–Crippen MR) is 80.4 cm³/mol. The van der Waals surface area contributed by atoms with Gasteiger partial charge in [-0.05, 0) is 38.3 Å². The van der Waals surface area contributed by atoms with Gasteiger partial charge < -0.3 is 19.8 Å². The molecule has 1 spiro atoms. The second-order valence-electron chi connectivity index (χ2n) is 6.57. The van der Waals surface area contributed by atoms with E-state index in [0.29, 0.717) is 13.0 Å². The zero-order valence-corrected chi connectivity index (χ0v) is 12.7. The Kier molecular flexibility index (Phi) is 3.67. The summed E-state index contributed by atoms with van der Waals surface area (Å²) in [4.78, 5) is 6.44. The van der Waals surface area contributed by atoms with Crippen LogP contribution in [0.1, 0.15) is 31.7 Å². The lowest BCUT2D eigenvalue weighted by atomic mass is 9.75. The average Bonchev–Trinajstić information content (AvgIpc) is 2.46. The fraction of sp³-hybridized carbons (Fsp3) is 0.688. The number of ether oxygens (including phenoxy) is 1. The summed E-state index contributed by atoms with van der Waals surface area (Å²) >= 11 is 0. The number of aliphatic hydroxyl groups excluding tert-OH is 1. The van der Waals surface area contributed by atoms with Gasteiger partial charge in [0.25, 0.3) is 0 Å². The van der Waals surface area contributed by atoms with E-state index in [1.807, 2.05) is 18.5 Å². The van der Waals surface area contributed by atoms with Gasteiger partial charge in [-0.25, -0.2) is 0 Å². The van der Waals surface area contributed by atoms with Gasteiger partial charge in [0.15, 0.2) is 0 Å². The largest absolute Gasteiger partial charge is 0.387 e. The Bertz CT molecular complexity index is 510. The molecule has 3 heterocycles. The van der Waals surface area contributed by atoms with Crippen LogP contribution in [0.4, 0.5) is 5.69 Å². The molecule has 0 aromatic carbocycles. The number of aryl methyl sites for hydroxylation is 1. The highest BCUT2D eigenvalue weighted by Gasteiger charge is 2.52. The molecule has 2 N–H and O–H groups in total. The zero-order chi connectivity index (χ0) is 15.1. The smallest absolute Gasteiger partial charge is 0.111 e. The maximum atomic E-state index is 10.5. The Morgan fingerprint density at radius 2 is 2.05 bits per heavy atom. The molecule has 0 aliphatic carbocycles. The fourth-order valence-electron chi connectivity index (χ4n) is 3.61. The summed E-state index contributed by atoms with van der Waals surface area (Å²) in [6.07, 6.45) is 4.81. The highest BCUT2D eigenvalue weighted by atomic mass is 16.5. The Labute approximate surface area is 125 Å². The van der Waals surface area contributed by atoms with E-state index in [9.17, 15) is 10.2 Å². The second kappa shape index (κ2) is 5.23. The third kappa shape index (κ3) is 2.54. The van der Waals surface area contributed by atoms with Crippen LogP contribution < -0.4 is 4.90 Å². The molecule has 5 heteroatoms. The molecule has 2 aliphatic rings. The van der Waals surface area contributed by atoms with Crippen LogP contribution in [0.25, 0.3) is 0 Å². The molecule has 2 atom stereocenters. The van der Waals surface area contributed by atoms with Gasteiger partial charge in [0.2, 0.25) is 0 Å². The van der Waals surface area contributed by atoms with Crippen LogP contribution in [0, 0.1) is 6.92 Å². The Morgan fingerprint density at radius 3 is 2.71 bits per heavy atom. The van der Waals surface area contributed by atoms with E-state index in [2.05, 4.69) is 16.8 Å². The van der Waals surface area contributed by atoms with Gasteiger partial charge in [-0.1, -0.05) is 0 Å². The maximum Gasteiger partial charge on any atom is 0.111 e.